The molecule has 0 aliphatic carbocycles. The van der Waals surface area contributed by atoms with Crippen molar-refractivity contribution < 1.29 is 9.59 Å². The van der Waals surface area contributed by atoms with E-state index in [4.69, 9.17) is 0 Å². The molecule has 148 valence electrons. The second-order valence-corrected chi connectivity index (χ2v) is 7.56. The number of para-hydroxylation sites is 1. The lowest BCUT2D eigenvalue weighted by Crippen LogP contribution is -2.30. The number of anilines is 2. The van der Waals surface area contributed by atoms with Gasteiger partial charge in [0.2, 0.25) is 0 Å². The number of benzene rings is 3. The average Bonchev–Trinajstić information content (AvgIpc) is 2.74. The van der Waals surface area contributed by atoms with Gasteiger partial charge in [-0.05, 0) is 48.9 Å². The predicted octanol–water partition coefficient (Wildman–Crippen LogP) is 5.16. The molecule has 0 spiro atoms. The number of rotatable bonds is 7. The molecule has 3 N–H and O–H groups in total. The maximum atomic E-state index is 12.5. The summed E-state index contributed by atoms with van der Waals surface area (Å²) in [6.07, 6.45) is 0. The van der Waals surface area contributed by atoms with E-state index in [2.05, 4.69) is 16.0 Å². The first-order chi connectivity index (χ1) is 14.1. The molecule has 0 fully saturated rings. The standard InChI is InChI=1S/C23H23N3O2S/c1-17-12-13-18(22(27)25-19-8-4-2-5-9-19)16-21(17)26-23(28)24-14-15-29-20-10-6-3-7-11-20/h2-13,16H,14-15H2,1H3,(H,25,27)(H2,24,26,28). The molecule has 3 aromatic rings. The molecule has 29 heavy (non-hydrogen) atoms. The number of urea groups is 1. The van der Waals surface area contributed by atoms with Gasteiger partial charge in [-0.2, -0.15) is 0 Å². The van der Waals surface area contributed by atoms with Gasteiger partial charge >= 0.3 is 6.03 Å². The van der Waals surface area contributed by atoms with Crippen molar-refractivity contribution in [2.75, 3.05) is 22.9 Å². The fourth-order valence-electron chi connectivity index (χ4n) is 2.64. The molecule has 0 heterocycles. The van der Waals surface area contributed by atoms with Gasteiger partial charge in [-0.3, -0.25) is 4.79 Å². The third-order valence-corrected chi connectivity index (χ3v) is 5.19. The first-order valence-corrected chi connectivity index (χ1v) is 10.3. The van der Waals surface area contributed by atoms with Crippen LogP contribution >= 0.6 is 11.8 Å². The van der Waals surface area contributed by atoms with Crippen molar-refractivity contribution in [1.29, 1.82) is 0 Å². The summed E-state index contributed by atoms with van der Waals surface area (Å²) in [5.74, 6) is 0.551. The highest BCUT2D eigenvalue weighted by molar-refractivity contribution is 7.99. The molecule has 5 nitrogen and oxygen atoms in total. The summed E-state index contributed by atoms with van der Waals surface area (Å²) >= 11 is 1.68. The Morgan fingerprint density at radius 1 is 0.862 bits per heavy atom. The Balaban J connectivity index is 1.52. The molecule has 0 atom stereocenters. The fourth-order valence-corrected chi connectivity index (χ4v) is 3.43. The van der Waals surface area contributed by atoms with Gasteiger partial charge in [-0.1, -0.05) is 42.5 Å². The topological polar surface area (TPSA) is 70.2 Å². The minimum atomic E-state index is -0.289. The molecule has 0 saturated heterocycles. The molecule has 0 bridgehead atoms. The number of carbonyl (C=O) groups is 2. The van der Waals surface area contributed by atoms with Gasteiger partial charge in [0.1, 0.15) is 0 Å². The van der Waals surface area contributed by atoms with Crippen molar-refractivity contribution in [3.63, 3.8) is 0 Å². The minimum Gasteiger partial charge on any atom is -0.337 e. The van der Waals surface area contributed by atoms with Gasteiger partial charge in [0.05, 0.1) is 0 Å². The molecule has 6 heteroatoms. The van der Waals surface area contributed by atoms with Gasteiger partial charge in [-0.25, -0.2) is 4.79 Å². The number of aryl methyl sites for hydroxylation is 1. The maximum absolute atomic E-state index is 12.5. The molecule has 0 aliphatic rings. The molecule has 0 saturated carbocycles. The monoisotopic (exact) mass is 405 g/mol. The van der Waals surface area contributed by atoms with Crippen LogP contribution < -0.4 is 16.0 Å². The van der Waals surface area contributed by atoms with E-state index >= 15 is 0 Å². The van der Waals surface area contributed by atoms with Crippen LogP contribution in [0.25, 0.3) is 0 Å². The van der Waals surface area contributed by atoms with E-state index in [0.717, 1.165) is 17.0 Å². The smallest absolute Gasteiger partial charge is 0.319 e. The Hall–Kier alpha value is -3.25. The average molecular weight is 406 g/mol. The van der Waals surface area contributed by atoms with Crippen LogP contribution in [0.1, 0.15) is 15.9 Å². The predicted molar refractivity (Wildman–Crippen MR) is 120 cm³/mol. The molecule has 0 radical (unpaired) electrons. The lowest BCUT2D eigenvalue weighted by molar-refractivity contribution is 0.102. The summed E-state index contributed by atoms with van der Waals surface area (Å²) in [6.45, 7) is 2.43. The first kappa shape index (κ1) is 20.5. The maximum Gasteiger partial charge on any atom is 0.319 e. The number of carbonyl (C=O) groups excluding carboxylic acids is 2. The number of hydrogen-bond acceptors (Lipinski definition) is 3. The Labute approximate surface area is 174 Å². The normalized spacial score (nSPS) is 10.2. The summed E-state index contributed by atoms with van der Waals surface area (Å²) < 4.78 is 0. The van der Waals surface area contributed by atoms with Crippen LogP contribution in [0.15, 0.2) is 83.8 Å². The highest BCUT2D eigenvalue weighted by Crippen LogP contribution is 2.19. The molecule has 3 amide bonds. The second-order valence-electron chi connectivity index (χ2n) is 6.39. The van der Waals surface area contributed by atoms with Gasteiger partial charge < -0.3 is 16.0 Å². The van der Waals surface area contributed by atoms with Crippen LogP contribution in [0.3, 0.4) is 0 Å². The van der Waals surface area contributed by atoms with Crippen molar-refractivity contribution in [2.24, 2.45) is 0 Å². The van der Waals surface area contributed by atoms with Crippen molar-refractivity contribution >= 4 is 35.1 Å². The molecule has 0 unspecified atom stereocenters. The van der Waals surface area contributed by atoms with E-state index in [0.29, 0.717) is 17.8 Å². The van der Waals surface area contributed by atoms with E-state index in [1.807, 2.05) is 73.7 Å². The van der Waals surface area contributed by atoms with E-state index < -0.39 is 0 Å². The van der Waals surface area contributed by atoms with Crippen molar-refractivity contribution in [3.05, 3.63) is 90.0 Å². The van der Waals surface area contributed by atoms with Crippen LogP contribution in [0.4, 0.5) is 16.2 Å². The first-order valence-electron chi connectivity index (χ1n) is 9.31. The number of amides is 3. The molecule has 0 aromatic heterocycles. The lowest BCUT2D eigenvalue weighted by Gasteiger charge is -2.12. The summed E-state index contributed by atoms with van der Waals surface area (Å²) in [7, 11) is 0. The number of hydrogen-bond donors (Lipinski definition) is 3. The SMILES string of the molecule is Cc1ccc(C(=O)Nc2ccccc2)cc1NC(=O)NCCSc1ccccc1. The summed E-state index contributed by atoms with van der Waals surface area (Å²) in [5, 5.41) is 8.52. The van der Waals surface area contributed by atoms with E-state index in [9.17, 15) is 9.59 Å². The van der Waals surface area contributed by atoms with E-state index in [-0.39, 0.29) is 11.9 Å². The zero-order chi connectivity index (χ0) is 20.5. The van der Waals surface area contributed by atoms with Gasteiger partial charge in [0, 0.05) is 34.1 Å². The van der Waals surface area contributed by atoms with E-state index in [1.54, 1.807) is 23.9 Å². The van der Waals surface area contributed by atoms with Crippen molar-refractivity contribution in [3.8, 4) is 0 Å². The van der Waals surface area contributed by atoms with Gasteiger partial charge in [0.15, 0.2) is 0 Å². The third-order valence-electron chi connectivity index (χ3n) is 4.18. The summed E-state index contributed by atoms with van der Waals surface area (Å²) in [6, 6.07) is 24.3. The zero-order valence-corrected chi connectivity index (χ0v) is 17.0. The Bertz CT molecular complexity index is 962. The quantitative estimate of drug-likeness (QED) is 0.376. The Morgan fingerprint density at radius 2 is 1.55 bits per heavy atom. The Morgan fingerprint density at radius 3 is 2.28 bits per heavy atom. The lowest BCUT2D eigenvalue weighted by atomic mass is 10.1. The molecule has 0 aliphatic heterocycles. The highest BCUT2D eigenvalue weighted by atomic mass is 32.2. The largest absolute Gasteiger partial charge is 0.337 e. The zero-order valence-electron chi connectivity index (χ0n) is 16.1. The second kappa shape index (κ2) is 10.3. The van der Waals surface area contributed by atoms with Crippen molar-refractivity contribution in [1.82, 2.24) is 5.32 Å². The van der Waals surface area contributed by atoms with E-state index in [1.165, 1.54) is 4.90 Å². The Kier molecular flexibility index (Phi) is 7.30. The van der Waals surface area contributed by atoms with Gasteiger partial charge in [-0.15, -0.1) is 11.8 Å². The summed E-state index contributed by atoms with van der Waals surface area (Å²) in [4.78, 5) is 25.9. The molecule has 3 aromatic carbocycles. The molecule has 3 rings (SSSR count). The minimum absolute atomic E-state index is 0.223. The molecular formula is C23H23N3O2S. The van der Waals surface area contributed by atoms with Crippen LogP contribution in [0.5, 0.6) is 0 Å². The summed E-state index contributed by atoms with van der Waals surface area (Å²) in [5.41, 5.74) is 2.70. The third kappa shape index (κ3) is 6.40. The molecular weight excluding hydrogens is 382 g/mol. The number of thioether (sulfide) groups is 1. The fraction of sp³-hybridized carbons (Fsp3) is 0.130. The van der Waals surface area contributed by atoms with Gasteiger partial charge in [0.25, 0.3) is 5.91 Å². The number of nitrogens with one attached hydrogen (secondary N) is 3. The van der Waals surface area contributed by atoms with Crippen LogP contribution in [0.2, 0.25) is 0 Å². The van der Waals surface area contributed by atoms with Crippen LogP contribution in [-0.2, 0) is 0 Å². The van der Waals surface area contributed by atoms with Crippen LogP contribution in [-0.4, -0.2) is 24.2 Å². The van der Waals surface area contributed by atoms with Crippen LogP contribution in [0, 0.1) is 6.92 Å². The van der Waals surface area contributed by atoms with Crippen molar-refractivity contribution in [2.45, 2.75) is 11.8 Å². The highest BCUT2D eigenvalue weighted by Gasteiger charge is 2.10.